The minimum absolute atomic E-state index is 0.620. The highest BCUT2D eigenvalue weighted by Crippen LogP contribution is 2.14. The molecule has 2 atom stereocenters. The summed E-state index contributed by atoms with van der Waals surface area (Å²) in [6, 6.07) is 0. The van der Waals surface area contributed by atoms with E-state index in [4.69, 9.17) is 0 Å². The van der Waals surface area contributed by atoms with Gasteiger partial charge in [0.1, 0.15) is 9.16 Å². The van der Waals surface area contributed by atoms with Crippen molar-refractivity contribution in [1.82, 2.24) is 0 Å². The molecule has 0 heterocycles. The summed E-state index contributed by atoms with van der Waals surface area (Å²) in [5.74, 6) is 0. The van der Waals surface area contributed by atoms with E-state index in [1.807, 2.05) is 0 Å². The largest absolute Gasteiger partial charge is 0.227 e. The molecule has 0 aromatic rings. The van der Waals surface area contributed by atoms with Crippen molar-refractivity contribution >= 4 is 35.1 Å². The molecule has 56 valence electrons. The van der Waals surface area contributed by atoms with Gasteiger partial charge < -0.3 is 0 Å². The van der Waals surface area contributed by atoms with Crippen LogP contribution in [0.15, 0.2) is 0 Å². The van der Waals surface area contributed by atoms with Crippen molar-refractivity contribution < 1.29 is 8.42 Å². The first-order valence-corrected chi connectivity index (χ1v) is 5.12. The van der Waals surface area contributed by atoms with Crippen LogP contribution in [0.5, 0.6) is 0 Å². The van der Waals surface area contributed by atoms with Gasteiger partial charge in [-0.05, 0) is 13.8 Å². The number of hydrogen-bond donors (Lipinski definition) is 2. The summed E-state index contributed by atoms with van der Waals surface area (Å²) in [7, 11) is -3.09. The van der Waals surface area contributed by atoms with Gasteiger partial charge in [-0.1, -0.05) is 0 Å². The monoisotopic (exact) mass is 186 g/mol. The lowest BCUT2D eigenvalue weighted by Gasteiger charge is -2.08. The van der Waals surface area contributed by atoms with Crippen LogP contribution >= 0.6 is 25.3 Å². The molecule has 9 heavy (non-hydrogen) atoms. The zero-order valence-corrected chi connectivity index (χ0v) is 7.88. The number of sulfone groups is 1. The molecule has 0 saturated heterocycles. The number of hydrogen-bond acceptors (Lipinski definition) is 4. The van der Waals surface area contributed by atoms with Gasteiger partial charge in [0.2, 0.25) is 0 Å². The topological polar surface area (TPSA) is 34.1 Å². The Balaban J connectivity index is 4.42. The molecule has 2 unspecified atom stereocenters. The molecular weight excluding hydrogens is 176 g/mol. The summed E-state index contributed by atoms with van der Waals surface area (Å²) in [4.78, 5) is 0. The quantitative estimate of drug-likeness (QED) is 0.630. The van der Waals surface area contributed by atoms with E-state index in [1.54, 1.807) is 0 Å². The van der Waals surface area contributed by atoms with Crippen LogP contribution in [-0.2, 0) is 9.84 Å². The predicted molar refractivity (Wildman–Crippen MR) is 45.8 cm³/mol. The maximum Gasteiger partial charge on any atom is 0.173 e. The van der Waals surface area contributed by atoms with E-state index in [0.29, 0.717) is 0 Å². The van der Waals surface area contributed by atoms with Crippen LogP contribution in [0.4, 0.5) is 0 Å². The second kappa shape index (κ2) is 3.16. The fourth-order valence-electron chi connectivity index (χ4n) is 0.285. The van der Waals surface area contributed by atoms with Crippen molar-refractivity contribution in [3.8, 4) is 0 Å². The molecule has 0 aliphatic heterocycles. The Morgan fingerprint density at radius 1 is 1.11 bits per heavy atom. The zero-order valence-electron chi connectivity index (χ0n) is 5.27. The Morgan fingerprint density at radius 2 is 1.33 bits per heavy atom. The molecule has 0 aliphatic rings. The van der Waals surface area contributed by atoms with Gasteiger partial charge in [0.15, 0.2) is 9.84 Å². The summed E-state index contributed by atoms with van der Waals surface area (Å²) in [5, 5.41) is 0. The van der Waals surface area contributed by atoms with Crippen LogP contribution in [0, 0.1) is 0 Å². The maximum absolute atomic E-state index is 10.9. The third kappa shape index (κ3) is 2.39. The van der Waals surface area contributed by atoms with Crippen molar-refractivity contribution in [2.75, 3.05) is 0 Å². The molecule has 0 N–H and O–H groups in total. The summed E-state index contributed by atoms with van der Waals surface area (Å²) >= 11 is 7.56. The van der Waals surface area contributed by atoms with E-state index in [1.165, 1.54) is 13.8 Å². The van der Waals surface area contributed by atoms with Crippen molar-refractivity contribution in [1.29, 1.82) is 0 Å². The van der Waals surface area contributed by atoms with Crippen LogP contribution in [0.25, 0.3) is 0 Å². The SMILES string of the molecule is CC(S)S(=O)(=O)C(C)S. The van der Waals surface area contributed by atoms with Crippen molar-refractivity contribution in [3.63, 3.8) is 0 Å². The standard InChI is InChI=1S/C4H10O2S3/c1-3(7)9(5,6)4(2)8/h3-4,7-8H,1-2H3. The average molecular weight is 186 g/mol. The summed E-state index contributed by atoms with van der Waals surface area (Å²) in [6.07, 6.45) is 0. The van der Waals surface area contributed by atoms with E-state index in [2.05, 4.69) is 25.3 Å². The predicted octanol–water partition coefficient (Wildman–Crippen LogP) is 0.953. The van der Waals surface area contributed by atoms with Gasteiger partial charge in [0.25, 0.3) is 0 Å². The molecule has 0 rings (SSSR count). The summed E-state index contributed by atoms with van der Waals surface area (Å²) in [5.41, 5.74) is 0. The van der Waals surface area contributed by atoms with Gasteiger partial charge >= 0.3 is 0 Å². The van der Waals surface area contributed by atoms with Gasteiger partial charge in [-0.3, -0.25) is 0 Å². The van der Waals surface area contributed by atoms with Crippen molar-refractivity contribution in [2.24, 2.45) is 0 Å². The summed E-state index contributed by atoms with van der Waals surface area (Å²) < 4.78 is 20.5. The normalized spacial score (nSPS) is 19.1. The van der Waals surface area contributed by atoms with E-state index >= 15 is 0 Å². The molecule has 2 nitrogen and oxygen atoms in total. The van der Waals surface area contributed by atoms with E-state index < -0.39 is 19.0 Å². The van der Waals surface area contributed by atoms with Gasteiger partial charge in [-0.2, -0.15) is 25.3 Å². The first-order chi connectivity index (χ1) is 3.89. The lowest BCUT2D eigenvalue weighted by atomic mass is 10.9. The lowest BCUT2D eigenvalue weighted by molar-refractivity contribution is 0.594. The zero-order chi connectivity index (χ0) is 7.65. The second-order valence-corrected chi connectivity index (χ2v) is 6.63. The third-order valence-electron chi connectivity index (χ3n) is 0.951. The molecule has 0 aromatic heterocycles. The fraction of sp³-hybridized carbons (Fsp3) is 1.00. The highest BCUT2D eigenvalue weighted by molar-refractivity contribution is 8.11. The second-order valence-electron chi connectivity index (χ2n) is 1.79. The first-order valence-electron chi connectivity index (χ1n) is 2.48. The molecule has 0 radical (unpaired) electrons. The van der Waals surface area contributed by atoms with Gasteiger partial charge in [-0.25, -0.2) is 8.42 Å². The molecule has 0 aliphatic carbocycles. The molecule has 0 aromatic carbocycles. The van der Waals surface area contributed by atoms with Gasteiger partial charge in [0, 0.05) is 0 Å². The number of rotatable bonds is 2. The van der Waals surface area contributed by atoms with E-state index in [-0.39, 0.29) is 0 Å². The Morgan fingerprint density at radius 3 is 1.33 bits per heavy atom. The fourth-order valence-corrected chi connectivity index (χ4v) is 2.24. The van der Waals surface area contributed by atoms with Crippen LogP contribution < -0.4 is 0 Å². The van der Waals surface area contributed by atoms with Crippen LogP contribution in [0.3, 0.4) is 0 Å². The van der Waals surface area contributed by atoms with Gasteiger partial charge in [0.05, 0.1) is 0 Å². The van der Waals surface area contributed by atoms with E-state index in [0.717, 1.165) is 0 Å². The molecule has 0 saturated carbocycles. The highest BCUT2D eigenvalue weighted by Gasteiger charge is 2.21. The Hall–Kier alpha value is 0.650. The Labute approximate surface area is 66.8 Å². The Kier molecular flexibility index (Phi) is 3.39. The van der Waals surface area contributed by atoms with Crippen LogP contribution in [0.2, 0.25) is 0 Å². The van der Waals surface area contributed by atoms with Crippen LogP contribution in [-0.4, -0.2) is 17.6 Å². The van der Waals surface area contributed by atoms with Crippen molar-refractivity contribution in [2.45, 2.75) is 23.0 Å². The minimum atomic E-state index is -3.09. The minimum Gasteiger partial charge on any atom is -0.227 e. The summed E-state index contributed by atoms with van der Waals surface area (Å²) in [6.45, 7) is 3.04. The number of thiol groups is 2. The maximum atomic E-state index is 10.9. The lowest BCUT2D eigenvalue weighted by Crippen LogP contribution is -2.19. The van der Waals surface area contributed by atoms with Crippen LogP contribution in [0.1, 0.15) is 13.8 Å². The Bertz CT molecular complexity index is 154. The first kappa shape index (κ1) is 9.65. The molecule has 0 bridgehead atoms. The smallest absolute Gasteiger partial charge is 0.173 e. The third-order valence-corrected chi connectivity index (χ3v) is 4.62. The van der Waals surface area contributed by atoms with E-state index in [9.17, 15) is 8.42 Å². The highest BCUT2D eigenvalue weighted by atomic mass is 32.3. The molecule has 5 heteroatoms. The molecule has 0 amide bonds. The average Bonchev–Trinajstić information content (AvgIpc) is 1.65. The van der Waals surface area contributed by atoms with Gasteiger partial charge in [-0.15, -0.1) is 0 Å². The molecule has 0 spiro atoms. The van der Waals surface area contributed by atoms with Crippen molar-refractivity contribution in [3.05, 3.63) is 0 Å². The molecular formula is C4H10O2S3. The molecule has 0 fully saturated rings.